The van der Waals surface area contributed by atoms with Gasteiger partial charge in [0.2, 0.25) is 0 Å². The third-order valence-electron chi connectivity index (χ3n) is 7.63. The van der Waals surface area contributed by atoms with Gasteiger partial charge in [-0.3, -0.25) is 19.8 Å². The summed E-state index contributed by atoms with van der Waals surface area (Å²) >= 11 is 0. The van der Waals surface area contributed by atoms with Gasteiger partial charge in [-0.25, -0.2) is 4.98 Å². The van der Waals surface area contributed by atoms with Crippen molar-refractivity contribution < 1.29 is 22.8 Å². The van der Waals surface area contributed by atoms with Crippen LogP contribution in [-0.2, 0) is 11.0 Å². The number of pyridine rings is 1. The van der Waals surface area contributed by atoms with Gasteiger partial charge in [0, 0.05) is 49.2 Å². The van der Waals surface area contributed by atoms with Gasteiger partial charge in [-0.15, -0.1) is 0 Å². The van der Waals surface area contributed by atoms with Crippen LogP contribution in [-0.4, -0.2) is 66.5 Å². The van der Waals surface area contributed by atoms with Crippen LogP contribution >= 0.6 is 0 Å². The number of anilines is 1. The number of likely N-dealkylation sites (tertiary alicyclic amines) is 1. The second kappa shape index (κ2) is 11.7. The van der Waals surface area contributed by atoms with E-state index in [1.165, 1.54) is 12.1 Å². The molecule has 3 aromatic rings. The van der Waals surface area contributed by atoms with Gasteiger partial charge >= 0.3 is 6.18 Å². The minimum absolute atomic E-state index is 0.0106. The number of nitrogens with one attached hydrogen (secondary N) is 2. The highest BCUT2D eigenvalue weighted by Gasteiger charge is 2.32. The second-order valence-electron chi connectivity index (χ2n) is 10.2. The number of benzene rings is 2. The van der Waals surface area contributed by atoms with Crippen molar-refractivity contribution in [2.45, 2.75) is 50.1 Å². The van der Waals surface area contributed by atoms with Crippen molar-refractivity contribution in [3.05, 3.63) is 71.8 Å². The average Bonchev–Trinajstić information content (AvgIpc) is 3.26. The summed E-state index contributed by atoms with van der Waals surface area (Å²) in [5.41, 5.74) is -0.0554. The summed E-state index contributed by atoms with van der Waals surface area (Å²) in [6, 6.07) is 16.9. The summed E-state index contributed by atoms with van der Waals surface area (Å²) in [5.74, 6) is 0.271. The van der Waals surface area contributed by atoms with Gasteiger partial charge in [0.1, 0.15) is 12.0 Å². The maximum absolute atomic E-state index is 13.0. The molecule has 39 heavy (non-hydrogen) atoms. The Labute approximate surface area is 225 Å². The summed E-state index contributed by atoms with van der Waals surface area (Å²) in [4.78, 5) is 33.9. The smallest absolute Gasteiger partial charge is 0.357 e. The van der Waals surface area contributed by atoms with E-state index in [-0.39, 0.29) is 11.6 Å². The molecule has 0 bridgehead atoms. The van der Waals surface area contributed by atoms with Crippen LogP contribution in [0, 0.1) is 0 Å². The van der Waals surface area contributed by atoms with Crippen molar-refractivity contribution in [2.75, 3.05) is 31.1 Å². The van der Waals surface area contributed by atoms with Crippen LogP contribution in [0.5, 0.6) is 0 Å². The second-order valence-corrected chi connectivity index (χ2v) is 10.2. The van der Waals surface area contributed by atoms with Gasteiger partial charge in [0.05, 0.1) is 11.1 Å². The number of para-hydroxylation sites is 1. The van der Waals surface area contributed by atoms with Crippen molar-refractivity contribution in [1.29, 1.82) is 0 Å². The Morgan fingerprint density at radius 3 is 2.67 bits per heavy atom. The summed E-state index contributed by atoms with van der Waals surface area (Å²) in [6.45, 7) is 3.48. The number of alkyl halides is 3. The number of hydrogen-bond acceptors (Lipinski definition) is 6. The predicted octanol–water partition coefficient (Wildman–Crippen LogP) is 4.23. The molecule has 10 heteroatoms. The first kappa shape index (κ1) is 27.1. The number of carbonyl (C=O) groups excluding carboxylic acids is 2. The molecule has 2 unspecified atom stereocenters. The summed E-state index contributed by atoms with van der Waals surface area (Å²) in [6.07, 6.45) is -1.01. The molecule has 1 aromatic heterocycles. The number of halogens is 3. The summed E-state index contributed by atoms with van der Waals surface area (Å²) in [7, 11) is 0. The predicted molar refractivity (Wildman–Crippen MR) is 143 cm³/mol. The van der Waals surface area contributed by atoms with E-state index >= 15 is 0 Å². The van der Waals surface area contributed by atoms with E-state index in [4.69, 9.17) is 4.98 Å². The molecule has 0 saturated carbocycles. The largest absolute Gasteiger partial charge is 0.416 e. The van der Waals surface area contributed by atoms with Crippen molar-refractivity contribution in [2.24, 2.45) is 0 Å². The van der Waals surface area contributed by atoms with Crippen LogP contribution in [0.25, 0.3) is 10.9 Å². The molecule has 5 rings (SSSR count). The zero-order chi connectivity index (χ0) is 27.4. The number of rotatable bonds is 7. The number of carbonyl (C=O) groups is 2. The summed E-state index contributed by atoms with van der Waals surface area (Å²) < 4.78 is 39.0. The SMILES string of the molecule is O=CC(NC(=O)c1cccc(C(F)(F)F)c1)N[C@@H]1CCN(C2CCCN(c3ccc4ccccc4n3)CC2)C1. The number of amides is 1. The normalized spacial score (nSPS) is 21.5. The maximum atomic E-state index is 13.0. The quantitative estimate of drug-likeness (QED) is 0.346. The first-order valence-corrected chi connectivity index (χ1v) is 13.3. The Balaban J connectivity index is 1.13. The monoisotopic (exact) mass is 539 g/mol. The topological polar surface area (TPSA) is 77.6 Å². The average molecular weight is 540 g/mol. The Bertz CT molecular complexity index is 1320. The molecule has 2 fully saturated rings. The van der Waals surface area contributed by atoms with Crippen molar-refractivity contribution in [1.82, 2.24) is 20.5 Å². The Hall–Kier alpha value is -3.50. The van der Waals surface area contributed by atoms with Gasteiger partial charge in [-0.05, 0) is 62.1 Å². The molecule has 2 aliphatic rings. The lowest BCUT2D eigenvalue weighted by molar-refractivity contribution is -0.137. The molecule has 2 saturated heterocycles. The van der Waals surface area contributed by atoms with E-state index < -0.39 is 23.8 Å². The zero-order valence-electron chi connectivity index (χ0n) is 21.5. The first-order valence-electron chi connectivity index (χ1n) is 13.3. The standard InChI is InChI=1S/C29H32F3N5O2/c30-29(31,32)22-7-3-6-21(17-22)28(39)35-26(19-38)33-23-12-15-37(18-23)24-8-4-14-36(16-13-24)27-11-10-20-5-1-2-9-25(20)34-27/h1-3,5-7,9-11,17,19,23-24,26,33H,4,8,12-16,18H2,(H,35,39)/t23-,24?,26?/m1/s1. The minimum atomic E-state index is -4.55. The lowest BCUT2D eigenvalue weighted by Gasteiger charge is -2.28. The Kier molecular flexibility index (Phi) is 8.13. The lowest BCUT2D eigenvalue weighted by Crippen LogP contribution is -2.51. The number of aldehydes is 1. The highest BCUT2D eigenvalue weighted by molar-refractivity contribution is 5.95. The van der Waals surface area contributed by atoms with Gasteiger partial charge in [0.15, 0.2) is 6.29 Å². The van der Waals surface area contributed by atoms with E-state index in [1.807, 2.05) is 18.2 Å². The van der Waals surface area contributed by atoms with E-state index in [0.29, 0.717) is 12.3 Å². The molecular formula is C29H32F3N5O2. The van der Waals surface area contributed by atoms with Gasteiger partial charge in [-0.2, -0.15) is 13.2 Å². The van der Waals surface area contributed by atoms with Crippen LogP contribution < -0.4 is 15.5 Å². The molecule has 3 heterocycles. The third-order valence-corrected chi connectivity index (χ3v) is 7.63. The molecule has 7 nitrogen and oxygen atoms in total. The van der Waals surface area contributed by atoms with Crippen LogP contribution in [0.1, 0.15) is 41.6 Å². The zero-order valence-corrected chi connectivity index (χ0v) is 21.5. The molecule has 2 aromatic carbocycles. The third kappa shape index (κ3) is 6.57. The molecule has 0 radical (unpaired) electrons. The molecule has 2 aliphatic heterocycles. The van der Waals surface area contributed by atoms with E-state index in [0.717, 1.165) is 80.7 Å². The van der Waals surface area contributed by atoms with Gasteiger partial charge in [0.25, 0.3) is 5.91 Å². The fourth-order valence-corrected chi connectivity index (χ4v) is 5.59. The van der Waals surface area contributed by atoms with Crippen molar-refractivity contribution in [3.8, 4) is 0 Å². The van der Waals surface area contributed by atoms with E-state index in [9.17, 15) is 22.8 Å². The maximum Gasteiger partial charge on any atom is 0.416 e. The van der Waals surface area contributed by atoms with Crippen molar-refractivity contribution in [3.63, 3.8) is 0 Å². The molecule has 2 N–H and O–H groups in total. The molecule has 0 aliphatic carbocycles. The fraction of sp³-hybridized carbons (Fsp3) is 0.414. The minimum Gasteiger partial charge on any atom is -0.357 e. The first-order chi connectivity index (χ1) is 18.8. The lowest BCUT2D eigenvalue weighted by atomic mass is 10.1. The Morgan fingerprint density at radius 2 is 1.85 bits per heavy atom. The van der Waals surface area contributed by atoms with Crippen LogP contribution in [0.4, 0.5) is 19.0 Å². The van der Waals surface area contributed by atoms with Crippen molar-refractivity contribution >= 4 is 28.9 Å². The molecule has 3 atom stereocenters. The van der Waals surface area contributed by atoms with Crippen LogP contribution in [0.2, 0.25) is 0 Å². The van der Waals surface area contributed by atoms with E-state index in [1.54, 1.807) is 0 Å². The highest BCUT2D eigenvalue weighted by Crippen LogP contribution is 2.29. The highest BCUT2D eigenvalue weighted by atomic mass is 19.4. The molecule has 1 amide bonds. The van der Waals surface area contributed by atoms with Gasteiger partial charge in [-0.1, -0.05) is 24.3 Å². The Morgan fingerprint density at radius 1 is 1.00 bits per heavy atom. The number of hydrogen-bond donors (Lipinski definition) is 2. The van der Waals surface area contributed by atoms with Crippen LogP contribution in [0.15, 0.2) is 60.7 Å². The molecule has 0 spiro atoms. The summed E-state index contributed by atoms with van der Waals surface area (Å²) in [5, 5.41) is 6.80. The van der Waals surface area contributed by atoms with Crippen LogP contribution in [0.3, 0.4) is 0 Å². The number of aromatic nitrogens is 1. The van der Waals surface area contributed by atoms with E-state index in [2.05, 4.69) is 38.6 Å². The fourth-order valence-electron chi connectivity index (χ4n) is 5.59. The van der Waals surface area contributed by atoms with Gasteiger partial charge < -0.3 is 10.2 Å². The molecule has 206 valence electrons. The molecular weight excluding hydrogens is 507 g/mol. The number of nitrogens with zero attached hydrogens (tertiary/aromatic N) is 3. The number of fused-ring (bicyclic) bond motifs is 1.